The van der Waals surface area contributed by atoms with Gasteiger partial charge in [0.25, 0.3) is 5.91 Å². The first-order chi connectivity index (χ1) is 15.0. The number of hydrogen-bond donors (Lipinski definition) is 2. The lowest BCUT2D eigenvalue weighted by atomic mass is 10.2. The maximum absolute atomic E-state index is 12.7. The Morgan fingerprint density at radius 3 is 2.45 bits per heavy atom. The molecule has 2 N–H and O–H groups in total. The highest BCUT2D eigenvalue weighted by Crippen LogP contribution is 2.18. The minimum absolute atomic E-state index is 0.0751. The number of carbonyl (C=O) groups is 2. The minimum atomic E-state index is -0.298. The molecule has 0 aliphatic carbocycles. The summed E-state index contributed by atoms with van der Waals surface area (Å²) in [5.41, 5.74) is 3.82. The first-order valence-electron chi connectivity index (χ1n) is 9.84. The summed E-state index contributed by atoms with van der Waals surface area (Å²) in [7, 11) is 0. The number of benzene rings is 3. The van der Waals surface area contributed by atoms with Gasteiger partial charge in [-0.25, -0.2) is 4.98 Å². The maximum Gasteiger partial charge on any atom is 0.253 e. The third kappa shape index (κ3) is 4.75. The van der Waals surface area contributed by atoms with Crippen molar-refractivity contribution in [1.82, 2.24) is 14.9 Å². The van der Waals surface area contributed by atoms with Crippen molar-refractivity contribution in [3.05, 3.63) is 94.8 Å². The molecule has 1 aromatic heterocycles. The lowest BCUT2D eigenvalue weighted by Gasteiger charge is -2.11. The van der Waals surface area contributed by atoms with Crippen LogP contribution in [0.25, 0.3) is 11.0 Å². The highest BCUT2D eigenvalue weighted by Gasteiger charge is 2.16. The summed E-state index contributed by atoms with van der Waals surface area (Å²) >= 11 is 6.12. The van der Waals surface area contributed by atoms with Crippen molar-refractivity contribution in [3.8, 4) is 0 Å². The molecule has 4 rings (SSSR count). The molecule has 4 aromatic rings. The van der Waals surface area contributed by atoms with Crippen LogP contribution in [0.1, 0.15) is 21.7 Å². The third-order valence-electron chi connectivity index (χ3n) is 4.90. The number of aryl methyl sites for hydroxylation is 1. The molecule has 0 aliphatic rings. The first-order valence-corrected chi connectivity index (χ1v) is 10.2. The Kier molecular flexibility index (Phi) is 6.00. The summed E-state index contributed by atoms with van der Waals surface area (Å²) in [4.78, 5) is 29.9. The van der Waals surface area contributed by atoms with Crippen molar-refractivity contribution in [2.24, 2.45) is 0 Å². The molecule has 156 valence electrons. The Labute approximate surface area is 184 Å². The summed E-state index contributed by atoms with van der Waals surface area (Å²) in [5, 5.41) is 6.13. The Hall–Kier alpha value is -3.64. The standard InChI is InChI=1S/C24H21ClN4O2/c1-16-10-12-17(13-11-16)27-23(30)15-29-21-9-5-4-8-20(21)28-22(29)14-26-24(31)18-6-2-3-7-19(18)25/h2-13H,14-15H2,1H3,(H,26,31)(H,27,30). The van der Waals surface area contributed by atoms with E-state index in [9.17, 15) is 9.59 Å². The van der Waals surface area contributed by atoms with E-state index in [4.69, 9.17) is 11.6 Å². The fourth-order valence-electron chi connectivity index (χ4n) is 3.32. The Balaban J connectivity index is 1.54. The molecule has 1 heterocycles. The second-order valence-electron chi connectivity index (χ2n) is 7.18. The fourth-order valence-corrected chi connectivity index (χ4v) is 3.54. The number of carbonyl (C=O) groups excluding carboxylic acids is 2. The number of fused-ring (bicyclic) bond motifs is 1. The average molecular weight is 433 g/mol. The topological polar surface area (TPSA) is 76.0 Å². The lowest BCUT2D eigenvalue weighted by Crippen LogP contribution is -2.26. The fraction of sp³-hybridized carbons (Fsp3) is 0.125. The summed E-state index contributed by atoms with van der Waals surface area (Å²) in [5.74, 6) is 0.111. The van der Waals surface area contributed by atoms with Crippen LogP contribution in [0.15, 0.2) is 72.8 Å². The molecular formula is C24H21ClN4O2. The third-order valence-corrected chi connectivity index (χ3v) is 5.23. The Morgan fingerprint density at radius 2 is 1.68 bits per heavy atom. The van der Waals surface area contributed by atoms with Gasteiger partial charge in [-0.3, -0.25) is 9.59 Å². The van der Waals surface area contributed by atoms with Crippen LogP contribution >= 0.6 is 11.6 Å². The van der Waals surface area contributed by atoms with E-state index in [1.807, 2.05) is 60.0 Å². The van der Waals surface area contributed by atoms with Crippen molar-refractivity contribution in [2.45, 2.75) is 20.0 Å². The first kappa shape index (κ1) is 20.6. The second kappa shape index (κ2) is 9.02. The van der Waals surface area contributed by atoms with Gasteiger partial charge in [0.15, 0.2) is 0 Å². The largest absolute Gasteiger partial charge is 0.345 e. The van der Waals surface area contributed by atoms with Crippen LogP contribution < -0.4 is 10.6 Å². The van der Waals surface area contributed by atoms with Crippen LogP contribution in [-0.4, -0.2) is 21.4 Å². The molecule has 0 radical (unpaired) electrons. The monoisotopic (exact) mass is 432 g/mol. The highest BCUT2D eigenvalue weighted by atomic mass is 35.5. The highest BCUT2D eigenvalue weighted by molar-refractivity contribution is 6.33. The van der Waals surface area contributed by atoms with Crippen molar-refractivity contribution >= 4 is 40.1 Å². The number of nitrogens with zero attached hydrogens (tertiary/aromatic N) is 2. The van der Waals surface area contributed by atoms with Crippen molar-refractivity contribution < 1.29 is 9.59 Å². The predicted octanol–water partition coefficient (Wildman–Crippen LogP) is 4.57. The summed E-state index contributed by atoms with van der Waals surface area (Å²) in [6.45, 7) is 2.23. The zero-order chi connectivity index (χ0) is 21.8. The van der Waals surface area contributed by atoms with Gasteiger partial charge < -0.3 is 15.2 Å². The van der Waals surface area contributed by atoms with E-state index in [1.165, 1.54) is 0 Å². The van der Waals surface area contributed by atoms with Crippen molar-refractivity contribution in [3.63, 3.8) is 0 Å². The molecule has 6 nitrogen and oxygen atoms in total. The van der Waals surface area contributed by atoms with Gasteiger partial charge in [-0.05, 0) is 43.3 Å². The van der Waals surface area contributed by atoms with Crippen molar-refractivity contribution in [1.29, 1.82) is 0 Å². The Bertz CT molecular complexity index is 1250. The second-order valence-corrected chi connectivity index (χ2v) is 7.59. The minimum Gasteiger partial charge on any atom is -0.345 e. The molecule has 0 aliphatic heterocycles. The van der Waals surface area contributed by atoms with E-state index in [1.54, 1.807) is 24.3 Å². The van der Waals surface area contributed by atoms with E-state index in [-0.39, 0.29) is 24.9 Å². The molecule has 31 heavy (non-hydrogen) atoms. The summed E-state index contributed by atoms with van der Waals surface area (Å²) in [6, 6.07) is 22.0. The number of anilines is 1. The van der Waals surface area contributed by atoms with Gasteiger partial charge in [0.1, 0.15) is 12.4 Å². The van der Waals surface area contributed by atoms with E-state index in [0.29, 0.717) is 16.4 Å². The lowest BCUT2D eigenvalue weighted by molar-refractivity contribution is -0.116. The number of hydrogen-bond acceptors (Lipinski definition) is 3. The van der Waals surface area contributed by atoms with Gasteiger partial charge in [0.2, 0.25) is 5.91 Å². The molecule has 0 bridgehead atoms. The molecule has 0 atom stereocenters. The SMILES string of the molecule is Cc1ccc(NC(=O)Cn2c(CNC(=O)c3ccccc3Cl)nc3ccccc32)cc1. The van der Waals surface area contributed by atoms with Gasteiger partial charge in [-0.2, -0.15) is 0 Å². The summed E-state index contributed by atoms with van der Waals surface area (Å²) in [6.07, 6.45) is 0. The van der Waals surface area contributed by atoms with Gasteiger partial charge in [0, 0.05) is 5.69 Å². The van der Waals surface area contributed by atoms with Crippen LogP contribution in [0.3, 0.4) is 0 Å². The molecule has 2 amide bonds. The normalized spacial score (nSPS) is 10.8. The van der Waals surface area contributed by atoms with E-state index < -0.39 is 0 Å². The maximum atomic E-state index is 12.7. The van der Waals surface area contributed by atoms with E-state index in [0.717, 1.165) is 22.3 Å². The predicted molar refractivity (Wildman–Crippen MR) is 122 cm³/mol. The summed E-state index contributed by atoms with van der Waals surface area (Å²) < 4.78 is 1.81. The smallest absolute Gasteiger partial charge is 0.253 e. The van der Waals surface area contributed by atoms with Crippen LogP contribution in [0.5, 0.6) is 0 Å². The van der Waals surface area contributed by atoms with Crippen LogP contribution in [0.4, 0.5) is 5.69 Å². The zero-order valence-electron chi connectivity index (χ0n) is 16.9. The van der Waals surface area contributed by atoms with Crippen LogP contribution in [-0.2, 0) is 17.9 Å². The van der Waals surface area contributed by atoms with Crippen LogP contribution in [0, 0.1) is 6.92 Å². The molecule has 3 aromatic carbocycles. The molecule has 0 unspecified atom stereocenters. The quantitative estimate of drug-likeness (QED) is 0.468. The molecule has 0 saturated carbocycles. The number of aromatic nitrogens is 2. The van der Waals surface area contributed by atoms with Crippen molar-refractivity contribution in [2.75, 3.05) is 5.32 Å². The molecular weight excluding hydrogens is 412 g/mol. The molecule has 0 spiro atoms. The average Bonchev–Trinajstić information content (AvgIpc) is 3.11. The van der Waals surface area contributed by atoms with E-state index in [2.05, 4.69) is 15.6 Å². The van der Waals surface area contributed by atoms with Crippen LogP contribution in [0.2, 0.25) is 5.02 Å². The number of amides is 2. The number of halogens is 1. The number of nitrogens with one attached hydrogen (secondary N) is 2. The van der Waals surface area contributed by atoms with Gasteiger partial charge in [0.05, 0.1) is 28.2 Å². The number of imidazole rings is 1. The van der Waals surface area contributed by atoms with E-state index >= 15 is 0 Å². The van der Waals surface area contributed by atoms with Gasteiger partial charge in [-0.15, -0.1) is 0 Å². The molecule has 7 heteroatoms. The van der Waals surface area contributed by atoms with Gasteiger partial charge in [-0.1, -0.05) is 53.6 Å². The molecule has 0 saturated heterocycles. The number of para-hydroxylation sites is 2. The Morgan fingerprint density at radius 1 is 0.968 bits per heavy atom. The van der Waals surface area contributed by atoms with Gasteiger partial charge >= 0.3 is 0 Å². The number of rotatable bonds is 6. The molecule has 0 fully saturated rings. The zero-order valence-corrected chi connectivity index (χ0v) is 17.7.